The monoisotopic (exact) mass is 257 g/mol. The van der Waals surface area contributed by atoms with Gasteiger partial charge in [0.25, 0.3) is 0 Å². The van der Waals surface area contributed by atoms with E-state index in [1.165, 1.54) is 25.0 Å². The summed E-state index contributed by atoms with van der Waals surface area (Å²) in [5, 5.41) is 4.60. The van der Waals surface area contributed by atoms with Crippen molar-refractivity contribution >= 4 is 16.9 Å². The Hall–Kier alpha value is -0.220. The van der Waals surface area contributed by atoms with Gasteiger partial charge in [0.15, 0.2) is 5.17 Å². The van der Waals surface area contributed by atoms with E-state index < -0.39 is 0 Å². The van der Waals surface area contributed by atoms with Crippen LogP contribution in [0.4, 0.5) is 0 Å². The normalized spacial score (nSPS) is 19.2. The number of nitrogens with zero attached hydrogens (tertiary/aromatic N) is 2. The number of aliphatic imine (C=N–C) groups is 1. The van der Waals surface area contributed by atoms with Crippen LogP contribution in [0, 0.1) is 5.41 Å². The SMILES string of the molecule is CCC1(CC)CN=C(NCCCN(C)C)SC1. The summed E-state index contributed by atoms with van der Waals surface area (Å²) in [7, 11) is 4.23. The summed E-state index contributed by atoms with van der Waals surface area (Å²) in [6, 6.07) is 0. The lowest BCUT2D eigenvalue weighted by atomic mass is 9.84. The molecule has 100 valence electrons. The van der Waals surface area contributed by atoms with Crippen LogP contribution in [0.5, 0.6) is 0 Å². The van der Waals surface area contributed by atoms with Gasteiger partial charge in [-0.3, -0.25) is 4.99 Å². The van der Waals surface area contributed by atoms with E-state index in [-0.39, 0.29) is 0 Å². The lowest BCUT2D eigenvalue weighted by Gasteiger charge is -2.33. The standard InChI is InChI=1S/C13H27N3S/c1-5-13(6-2)10-15-12(17-11-13)14-8-7-9-16(3)4/h5-11H2,1-4H3,(H,14,15). The van der Waals surface area contributed by atoms with Crippen molar-refractivity contribution in [2.45, 2.75) is 33.1 Å². The summed E-state index contributed by atoms with van der Waals surface area (Å²) in [6.07, 6.45) is 3.67. The molecule has 0 bridgehead atoms. The van der Waals surface area contributed by atoms with Gasteiger partial charge in [0.2, 0.25) is 0 Å². The van der Waals surface area contributed by atoms with E-state index >= 15 is 0 Å². The van der Waals surface area contributed by atoms with Crippen molar-refractivity contribution < 1.29 is 0 Å². The van der Waals surface area contributed by atoms with Crippen molar-refractivity contribution in [2.75, 3.05) is 39.5 Å². The van der Waals surface area contributed by atoms with Gasteiger partial charge in [0.1, 0.15) is 0 Å². The molecule has 0 spiro atoms. The van der Waals surface area contributed by atoms with Crippen molar-refractivity contribution in [1.29, 1.82) is 0 Å². The predicted octanol–water partition coefficient (Wildman–Crippen LogP) is 2.44. The molecule has 0 saturated heterocycles. The average Bonchev–Trinajstić information content (AvgIpc) is 2.35. The van der Waals surface area contributed by atoms with Crippen LogP contribution in [0.2, 0.25) is 0 Å². The van der Waals surface area contributed by atoms with Gasteiger partial charge in [-0.1, -0.05) is 25.6 Å². The molecule has 0 radical (unpaired) electrons. The maximum Gasteiger partial charge on any atom is 0.156 e. The van der Waals surface area contributed by atoms with Gasteiger partial charge in [-0.2, -0.15) is 0 Å². The van der Waals surface area contributed by atoms with Crippen LogP contribution in [-0.4, -0.2) is 49.6 Å². The molecule has 0 amide bonds. The fourth-order valence-electron chi connectivity index (χ4n) is 1.93. The quantitative estimate of drug-likeness (QED) is 0.741. The van der Waals surface area contributed by atoms with Crippen LogP contribution in [0.25, 0.3) is 0 Å². The van der Waals surface area contributed by atoms with E-state index in [1.54, 1.807) is 0 Å². The summed E-state index contributed by atoms with van der Waals surface area (Å²) in [4.78, 5) is 6.92. The molecular formula is C13H27N3S. The molecule has 1 aliphatic heterocycles. The summed E-state index contributed by atoms with van der Waals surface area (Å²) < 4.78 is 0. The van der Waals surface area contributed by atoms with Crippen molar-refractivity contribution in [3.05, 3.63) is 0 Å². The van der Waals surface area contributed by atoms with Gasteiger partial charge in [-0.05, 0) is 45.3 Å². The molecule has 1 heterocycles. The first-order valence-corrected chi connectivity index (χ1v) is 7.66. The van der Waals surface area contributed by atoms with Crippen LogP contribution in [0.3, 0.4) is 0 Å². The minimum absolute atomic E-state index is 0.458. The third-order valence-electron chi connectivity index (χ3n) is 3.63. The minimum Gasteiger partial charge on any atom is -0.365 e. The molecule has 1 aliphatic rings. The van der Waals surface area contributed by atoms with Gasteiger partial charge in [-0.25, -0.2) is 0 Å². The zero-order valence-electron chi connectivity index (χ0n) is 11.8. The number of nitrogens with one attached hydrogen (secondary N) is 1. The minimum atomic E-state index is 0.458. The fourth-order valence-corrected chi connectivity index (χ4v) is 3.23. The lowest BCUT2D eigenvalue weighted by molar-refractivity contribution is 0.318. The summed E-state index contributed by atoms with van der Waals surface area (Å²) in [5.41, 5.74) is 0.458. The zero-order valence-corrected chi connectivity index (χ0v) is 12.6. The van der Waals surface area contributed by atoms with E-state index in [4.69, 9.17) is 4.99 Å². The van der Waals surface area contributed by atoms with E-state index in [2.05, 4.69) is 38.2 Å². The summed E-state index contributed by atoms with van der Waals surface area (Å²) in [5.74, 6) is 1.22. The third kappa shape index (κ3) is 4.88. The number of hydrogen-bond acceptors (Lipinski definition) is 4. The molecule has 3 nitrogen and oxygen atoms in total. The van der Waals surface area contributed by atoms with Crippen LogP contribution in [0.15, 0.2) is 4.99 Å². The molecule has 0 unspecified atom stereocenters. The predicted molar refractivity (Wildman–Crippen MR) is 78.9 cm³/mol. The molecular weight excluding hydrogens is 230 g/mol. The Kier molecular flexibility index (Phi) is 6.34. The highest BCUT2D eigenvalue weighted by Gasteiger charge is 2.29. The first kappa shape index (κ1) is 14.8. The molecule has 0 atom stereocenters. The van der Waals surface area contributed by atoms with E-state index in [0.29, 0.717) is 5.41 Å². The molecule has 0 aromatic rings. The molecule has 0 aromatic heterocycles. The number of hydrogen-bond donors (Lipinski definition) is 1. The highest BCUT2D eigenvalue weighted by molar-refractivity contribution is 8.13. The molecule has 0 aromatic carbocycles. The Morgan fingerprint density at radius 2 is 2.06 bits per heavy atom. The molecule has 0 fully saturated rings. The van der Waals surface area contributed by atoms with Crippen molar-refractivity contribution in [3.8, 4) is 0 Å². The van der Waals surface area contributed by atoms with Crippen LogP contribution >= 0.6 is 11.8 Å². The second-order valence-corrected chi connectivity index (χ2v) is 6.16. The largest absolute Gasteiger partial charge is 0.365 e. The Labute approximate surface area is 110 Å². The van der Waals surface area contributed by atoms with Gasteiger partial charge < -0.3 is 10.2 Å². The van der Waals surface area contributed by atoms with Crippen molar-refractivity contribution in [3.63, 3.8) is 0 Å². The number of rotatable bonds is 6. The highest BCUT2D eigenvalue weighted by Crippen LogP contribution is 2.34. The van der Waals surface area contributed by atoms with Gasteiger partial charge in [0, 0.05) is 18.8 Å². The fraction of sp³-hybridized carbons (Fsp3) is 0.923. The molecule has 4 heteroatoms. The van der Waals surface area contributed by atoms with Gasteiger partial charge in [-0.15, -0.1) is 0 Å². The second kappa shape index (κ2) is 7.27. The Bertz CT molecular complexity index is 247. The van der Waals surface area contributed by atoms with E-state index in [0.717, 1.165) is 24.8 Å². The van der Waals surface area contributed by atoms with Crippen LogP contribution in [-0.2, 0) is 0 Å². The van der Waals surface area contributed by atoms with Gasteiger partial charge >= 0.3 is 0 Å². The maximum atomic E-state index is 4.70. The second-order valence-electron chi connectivity index (χ2n) is 5.20. The lowest BCUT2D eigenvalue weighted by Crippen LogP contribution is -2.35. The molecule has 17 heavy (non-hydrogen) atoms. The Balaban J connectivity index is 2.26. The summed E-state index contributed by atoms with van der Waals surface area (Å²) >= 11 is 1.90. The summed E-state index contributed by atoms with van der Waals surface area (Å²) in [6.45, 7) is 7.75. The Morgan fingerprint density at radius 1 is 1.35 bits per heavy atom. The molecule has 1 N–H and O–H groups in total. The van der Waals surface area contributed by atoms with Crippen molar-refractivity contribution in [2.24, 2.45) is 10.4 Å². The first-order chi connectivity index (χ1) is 8.12. The number of thioether (sulfide) groups is 1. The third-order valence-corrected chi connectivity index (χ3v) is 4.94. The van der Waals surface area contributed by atoms with Gasteiger partial charge in [0.05, 0.1) is 0 Å². The maximum absolute atomic E-state index is 4.70. The first-order valence-electron chi connectivity index (χ1n) is 6.68. The molecule has 0 aliphatic carbocycles. The molecule has 0 saturated carbocycles. The topological polar surface area (TPSA) is 27.6 Å². The van der Waals surface area contributed by atoms with Crippen LogP contribution in [0.1, 0.15) is 33.1 Å². The number of amidine groups is 1. The van der Waals surface area contributed by atoms with E-state index in [1.807, 2.05) is 11.8 Å². The zero-order chi connectivity index (χ0) is 12.7. The van der Waals surface area contributed by atoms with Crippen molar-refractivity contribution in [1.82, 2.24) is 10.2 Å². The van der Waals surface area contributed by atoms with E-state index in [9.17, 15) is 0 Å². The Morgan fingerprint density at radius 3 is 2.53 bits per heavy atom. The smallest absolute Gasteiger partial charge is 0.156 e. The molecule has 1 rings (SSSR count). The highest BCUT2D eigenvalue weighted by atomic mass is 32.2. The average molecular weight is 257 g/mol. The van der Waals surface area contributed by atoms with Crippen LogP contribution < -0.4 is 5.32 Å².